The van der Waals surface area contributed by atoms with E-state index in [9.17, 15) is 10.0 Å². The zero-order valence-electron chi connectivity index (χ0n) is 11.1. The SMILES string of the molecule is Nc1nc2ccc(NC(=O)Nc3cnccn3)cc2[n+]([O-])n1. The van der Waals surface area contributed by atoms with Gasteiger partial charge in [0.15, 0.2) is 5.82 Å². The first-order chi connectivity index (χ1) is 10.6. The minimum atomic E-state index is -0.520. The lowest BCUT2D eigenvalue weighted by molar-refractivity contribution is -0.641. The lowest BCUT2D eigenvalue weighted by atomic mass is 10.2. The Bertz CT molecular complexity index is 839. The molecule has 0 aliphatic heterocycles. The molecular weight excluding hydrogens is 288 g/mol. The largest absolute Gasteiger partial charge is 0.594 e. The Morgan fingerprint density at radius 1 is 1.27 bits per heavy atom. The highest BCUT2D eigenvalue weighted by Gasteiger charge is 2.11. The van der Waals surface area contributed by atoms with E-state index in [-0.39, 0.29) is 11.5 Å². The van der Waals surface area contributed by atoms with E-state index in [1.54, 1.807) is 12.1 Å². The number of hydrogen-bond acceptors (Lipinski definition) is 7. The lowest BCUT2D eigenvalue weighted by Crippen LogP contribution is -2.33. The molecule has 0 spiro atoms. The molecule has 0 bridgehead atoms. The summed E-state index contributed by atoms with van der Waals surface area (Å²) in [5.41, 5.74) is 6.35. The number of urea groups is 1. The number of carbonyl (C=O) groups is 1. The molecule has 2 aromatic heterocycles. The number of fused-ring (bicyclic) bond motifs is 1. The molecule has 0 radical (unpaired) electrons. The molecule has 0 saturated carbocycles. The van der Waals surface area contributed by atoms with Crippen LogP contribution in [0.3, 0.4) is 0 Å². The highest BCUT2D eigenvalue weighted by molar-refractivity contribution is 5.99. The number of aromatic nitrogens is 5. The highest BCUT2D eigenvalue weighted by atomic mass is 16.5. The van der Waals surface area contributed by atoms with Crippen molar-refractivity contribution in [1.29, 1.82) is 0 Å². The fourth-order valence-electron chi connectivity index (χ4n) is 1.78. The fourth-order valence-corrected chi connectivity index (χ4v) is 1.78. The first-order valence-electron chi connectivity index (χ1n) is 6.13. The van der Waals surface area contributed by atoms with Gasteiger partial charge in [0.1, 0.15) is 5.52 Å². The average Bonchev–Trinajstić information content (AvgIpc) is 2.49. The molecule has 4 N–H and O–H groups in total. The maximum absolute atomic E-state index is 11.8. The van der Waals surface area contributed by atoms with Crippen LogP contribution in [0.5, 0.6) is 0 Å². The van der Waals surface area contributed by atoms with Crippen LogP contribution < -0.4 is 21.2 Å². The van der Waals surface area contributed by atoms with E-state index in [4.69, 9.17) is 5.73 Å². The van der Waals surface area contributed by atoms with Crippen molar-refractivity contribution in [2.75, 3.05) is 16.4 Å². The summed E-state index contributed by atoms with van der Waals surface area (Å²) in [6.07, 6.45) is 4.35. The summed E-state index contributed by atoms with van der Waals surface area (Å²) in [6, 6.07) is 4.07. The number of hydrogen-bond donors (Lipinski definition) is 3. The summed E-state index contributed by atoms with van der Waals surface area (Å²) in [5, 5.41) is 20.2. The standard InChI is InChI=1S/C12H10N8O2/c13-11-17-8-2-1-7(5-9(8)20(22)19-11)16-12(21)18-10-6-14-3-4-15-10/h1-6H,(H2,13,17,19)(H2,15,16,18,21). The maximum Gasteiger partial charge on any atom is 0.324 e. The van der Waals surface area contributed by atoms with Gasteiger partial charge in [0.2, 0.25) is 0 Å². The van der Waals surface area contributed by atoms with Gasteiger partial charge in [-0.3, -0.25) is 10.3 Å². The third-order valence-corrected chi connectivity index (χ3v) is 2.67. The van der Waals surface area contributed by atoms with Crippen molar-refractivity contribution in [3.63, 3.8) is 0 Å². The number of rotatable bonds is 2. The van der Waals surface area contributed by atoms with Crippen LogP contribution in [0, 0.1) is 5.21 Å². The van der Waals surface area contributed by atoms with Crippen LogP contribution in [0.1, 0.15) is 0 Å². The first-order valence-corrected chi connectivity index (χ1v) is 6.13. The molecule has 10 heteroatoms. The van der Waals surface area contributed by atoms with Gasteiger partial charge in [-0.25, -0.2) is 14.8 Å². The van der Waals surface area contributed by atoms with E-state index in [1.807, 2.05) is 0 Å². The van der Waals surface area contributed by atoms with E-state index in [2.05, 4.69) is 30.7 Å². The summed E-state index contributed by atoms with van der Waals surface area (Å²) in [6.45, 7) is 0. The van der Waals surface area contributed by atoms with Crippen LogP contribution in [0.4, 0.5) is 22.2 Å². The average molecular weight is 298 g/mol. The predicted octanol–water partition coefficient (Wildman–Crippen LogP) is 0.279. The van der Waals surface area contributed by atoms with Gasteiger partial charge in [0.05, 0.1) is 11.3 Å². The third kappa shape index (κ3) is 2.80. The Hall–Kier alpha value is -3.56. The number of anilines is 3. The molecule has 110 valence electrons. The molecule has 2 heterocycles. The molecule has 2 amide bonds. The Kier molecular flexibility index (Phi) is 3.32. The second-order valence-corrected chi connectivity index (χ2v) is 4.22. The molecule has 0 aliphatic carbocycles. The molecule has 0 unspecified atom stereocenters. The molecule has 3 rings (SSSR count). The van der Waals surface area contributed by atoms with Crippen LogP contribution in [-0.4, -0.2) is 26.1 Å². The Balaban J connectivity index is 1.80. The summed E-state index contributed by atoms with van der Waals surface area (Å²) < 4.78 is 0. The monoisotopic (exact) mass is 298 g/mol. The van der Waals surface area contributed by atoms with E-state index in [1.165, 1.54) is 24.7 Å². The molecule has 1 aromatic carbocycles. The fraction of sp³-hybridized carbons (Fsp3) is 0. The number of amides is 2. The Labute approximate surface area is 123 Å². The van der Waals surface area contributed by atoms with Crippen LogP contribution in [0.15, 0.2) is 36.8 Å². The highest BCUT2D eigenvalue weighted by Crippen LogP contribution is 2.15. The number of nitrogens with one attached hydrogen (secondary N) is 2. The van der Waals surface area contributed by atoms with Crippen LogP contribution >= 0.6 is 0 Å². The zero-order chi connectivity index (χ0) is 15.5. The predicted molar refractivity (Wildman–Crippen MR) is 77.6 cm³/mol. The first kappa shape index (κ1) is 13.4. The zero-order valence-corrected chi connectivity index (χ0v) is 11.1. The molecular formula is C12H10N8O2. The van der Waals surface area contributed by atoms with Gasteiger partial charge in [-0.2, -0.15) is 0 Å². The Morgan fingerprint density at radius 2 is 2.14 bits per heavy atom. The summed E-state index contributed by atoms with van der Waals surface area (Å²) in [4.78, 5) is 23.8. The van der Waals surface area contributed by atoms with Gasteiger partial charge in [-0.1, -0.05) is 0 Å². The number of benzene rings is 1. The number of carbonyl (C=O) groups excluding carboxylic acids is 1. The molecule has 0 aliphatic rings. The van der Waals surface area contributed by atoms with E-state index in [0.717, 1.165) is 0 Å². The van der Waals surface area contributed by atoms with Gasteiger partial charge in [-0.05, 0) is 17.0 Å². The second kappa shape index (κ2) is 5.44. The van der Waals surface area contributed by atoms with Gasteiger partial charge in [0, 0.05) is 24.1 Å². The number of nitrogen functional groups attached to an aromatic ring is 1. The number of nitrogens with two attached hydrogens (primary N) is 1. The smallest absolute Gasteiger partial charge is 0.324 e. The lowest BCUT2D eigenvalue weighted by Gasteiger charge is -2.07. The van der Waals surface area contributed by atoms with Crippen molar-refractivity contribution in [2.45, 2.75) is 0 Å². The van der Waals surface area contributed by atoms with Crippen molar-refractivity contribution >= 4 is 34.5 Å². The van der Waals surface area contributed by atoms with Gasteiger partial charge >= 0.3 is 6.03 Å². The molecule has 0 saturated heterocycles. The van der Waals surface area contributed by atoms with Crippen molar-refractivity contribution in [1.82, 2.24) is 20.1 Å². The van der Waals surface area contributed by atoms with Gasteiger partial charge < -0.3 is 16.3 Å². The van der Waals surface area contributed by atoms with E-state index < -0.39 is 6.03 Å². The third-order valence-electron chi connectivity index (χ3n) is 2.67. The van der Waals surface area contributed by atoms with Crippen molar-refractivity contribution in [3.05, 3.63) is 42.0 Å². The van der Waals surface area contributed by atoms with Crippen molar-refractivity contribution < 1.29 is 9.64 Å². The maximum atomic E-state index is 11.8. The summed E-state index contributed by atoms with van der Waals surface area (Å²) >= 11 is 0. The van der Waals surface area contributed by atoms with Crippen LogP contribution in [-0.2, 0) is 0 Å². The quantitative estimate of drug-likeness (QED) is 0.455. The summed E-state index contributed by atoms with van der Waals surface area (Å²) in [5.74, 6) is 0.180. The molecule has 3 aromatic rings. The van der Waals surface area contributed by atoms with Crippen molar-refractivity contribution in [3.8, 4) is 0 Å². The number of nitrogens with zero attached hydrogens (tertiary/aromatic N) is 5. The molecule has 0 fully saturated rings. The van der Waals surface area contributed by atoms with Crippen LogP contribution in [0.25, 0.3) is 11.0 Å². The van der Waals surface area contributed by atoms with Gasteiger partial charge in [-0.15, -0.1) is 0 Å². The Morgan fingerprint density at radius 3 is 2.91 bits per heavy atom. The topological polar surface area (TPSA) is 146 Å². The molecule has 22 heavy (non-hydrogen) atoms. The van der Waals surface area contributed by atoms with E-state index >= 15 is 0 Å². The normalized spacial score (nSPS) is 10.4. The van der Waals surface area contributed by atoms with Crippen molar-refractivity contribution in [2.24, 2.45) is 0 Å². The minimum absolute atomic E-state index is 0.122. The molecule has 10 nitrogen and oxygen atoms in total. The van der Waals surface area contributed by atoms with Gasteiger partial charge in [0.25, 0.3) is 11.5 Å². The minimum Gasteiger partial charge on any atom is -0.594 e. The van der Waals surface area contributed by atoms with E-state index in [0.29, 0.717) is 21.9 Å². The van der Waals surface area contributed by atoms with Crippen LogP contribution in [0.2, 0.25) is 0 Å². The molecule has 0 atom stereocenters. The second-order valence-electron chi connectivity index (χ2n) is 4.22. The summed E-state index contributed by atoms with van der Waals surface area (Å²) in [7, 11) is 0.